The number of nitrogens with zero attached hydrogens (tertiary/aromatic N) is 2. The van der Waals surface area contributed by atoms with E-state index in [-0.39, 0.29) is 0 Å². The van der Waals surface area contributed by atoms with Crippen molar-refractivity contribution >= 4 is 0 Å². The Morgan fingerprint density at radius 3 is 1.64 bits per heavy atom. The van der Waals surface area contributed by atoms with Gasteiger partial charge in [0.25, 0.3) is 0 Å². The Hall–Kier alpha value is -0.120. The van der Waals surface area contributed by atoms with Gasteiger partial charge in [-0.3, -0.25) is 9.80 Å². The number of piperazine rings is 1. The van der Waals surface area contributed by atoms with Gasteiger partial charge in [-0.25, -0.2) is 0 Å². The normalized spacial score (nSPS) is 38.5. The van der Waals surface area contributed by atoms with Gasteiger partial charge >= 0.3 is 0 Å². The summed E-state index contributed by atoms with van der Waals surface area (Å²) in [6.45, 7) is 17.8. The highest BCUT2D eigenvalue weighted by Crippen LogP contribution is 2.40. The summed E-state index contributed by atoms with van der Waals surface area (Å²) in [5, 5.41) is 3.54. The number of rotatable bonds is 0. The third-order valence-corrected chi connectivity index (χ3v) is 6.14. The minimum absolute atomic E-state index is 0.374. The Morgan fingerprint density at radius 2 is 1.36 bits per heavy atom. The Balaban J connectivity index is 0.000000131. The third kappa shape index (κ3) is 3.52. The van der Waals surface area contributed by atoms with Crippen LogP contribution in [0.1, 0.15) is 67.2 Å². The second-order valence-corrected chi connectivity index (χ2v) is 10.0. The van der Waals surface area contributed by atoms with Crippen molar-refractivity contribution in [3.05, 3.63) is 0 Å². The van der Waals surface area contributed by atoms with Crippen LogP contribution in [0, 0.1) is 5.92 Å². The quantitative estimate of drug-likeness (QED) is 0.742. The SMILES string of the molecule is CC(C)(C)N1CC2CC(C1)N2.CC(C)(C)N1CC2CCC1C2. The molecule has 1 saturated carbocycles. The van der Waals surface area contributed by atoms with Gasteiger partial charge in [-0.05, 0) is 73.1 Å². The number of piperidine rings is 2. The summed E-state index contributed by atoms with van der Waals surface area (Å²) in [5.74, 6) is 1.04. The van der Waals surface area contributed by atoms with E-state index in [4.69, 9.17) is 0 Å². The molecule has 0 aromatic heterocycles. The summed E-state index contributed by atoms with van der Waals surface area (Å²) in [7, 11) is 0. The predicted octanol–water partition coefficient (Wildman–Crippen LogP) is 3.10. The summed E-state index contributed by atoms with van der Waals surface area (Å²) in [5.41, 5.74) is 0.791. The molecule has 4 atom stereocenters. The van der Waals surface area contributed by atoms with Crippen molar-refractivity contribution in [2.75, 3.05) is 19.6 Å². The summed E-state index contributed by atoms with van der Waals surface area (Å²) < 4.78 is 0. The molecule has 5 aliphatic rings. The maximum atomic E-state index is 3.54. The van der Waals surface area contributed by atoms with Gasteiger partial charge < -0.3 is 5.32 Å². The monoisotopic (exact) mass is 307 g/mol. The van der Waals surface area contributed by atoms with E-state index < -0.39 is 0 Å². The van der Waals surface area contributed by atoms with Gasteiger partial charge in [-0.1, -0.05) is 0 Å². The van der Waals surface area contributed by atoms with E-state index in [1.54, 1.807) is 0 Å². The Labute approximate surface area is 137 Å². The molecule has 22 heavy (non-hydrogen) atoms. The van der Waals surface area contributed by atoms with Gasteiger partial charge in [-0.15, -0.1) is 0 Å². The minimum atomic E-state index is 0.374. The molecular formula is C19H37N3. The number of hydrogen-bond acceptors (Lipinski definition) is 3. The fourth-order valence-corrected chi connectivity index (χ4v) is 4.81. The highest BCUT2D eigenvalue weighted by atomic mass is 15.3. The zero-order valence-electron chi connectivity index (χ0n) is 15.7. The molecule has 4 unspecified atom stereocenters. The van der Waals surface area contributed by atoms with Crippen molar-refractivity contribution in [3.63, 3.8) is 0 Å². The standard InChI is InChI=1S/C10H19N.C9H18N2/c1-10(2,3)11-7-8-4-5-9(11)6-8;1-9(2,3)11-5-7-4-8(6-11)10-7/h8-9H,4-7H2,1-3H3;7-8,10H,4-6H2,1-3H3. The molecule has 1 aliphatic carbocycles. The van der Waals surface area contributed by atoms with Crippen LogP contribution in [0.3, 0.4) is 0 Å². The molecule has 5 rings (SSSR count). The maximum Gasteiger partial charge on any atom is 0.0213 e. The maximum absolute atomic E-state index is 3.54. The molecule has 0 amide bonds. The molecule has 4 saturated heterocycles. The number of likely N-dealkylation sites (tertiary alicyclic amines) is 1. The minimum Gasteiger partial charge on any atom is -0.309 e. The van der Waals surface area contributed by atoms with Crippen molar-refractivity contribution in [1.29, 1.82) is 0 Å². The molecule has 0 radical (unpaired) electrons. The largest absolute Gasteiger partial charge is 0.309 e. The average Bonchev–Trinajstić information content (AvgIpc) is 2.99. The molecule has 4 heterocycles. The van der Waals surface area contributed by atoms with Crippen molar-refractivity contribution < 1.29 is 0 Å². The number of fused-ring (bicyclic) bond motifs is 4. The lowest BCUT2D eigenvalue weighted by molar-refractivity contribution is 0.0167. The summed E-state index contributed by atoms with van der Waals surface area (Å²) in [6, 6.07) is 2.53. The van der Waals surface area contributed by atoms with E-state index >= 15 is 0 Å². The summed E-state index contributed by atoms with van der Waals surface area (Å²) >= 11 is 0. The molecule has 3 nitrogen and oxygen atoms in total. The van der Waals surface area contributed by atoms with Gasteiger partial charge in [0.2, 0.25) is 0 Å². The summed E-state index contributed by atoms with van der Waals surface area (Å²) in [6.07, 6.45) is 5.85. The zero-order valence-corrected chi connectivity index (χ0v) is 15.7. The van der Waals surface area contributed by atoms with Crippen LogP contribution in [0.5, 0.6) is 0 Å². The molecular weight excluding hydrogens is 270 g/mol. The second kappa shape index (κ2) is 5.75. The lowest BCUT2D eigenvalue weighted by Gasteiger charge is -2.52. The van der Waals surface area contributed by atoms with Crippen molar-refractivity contribution in [2.24, 2.45) is 5.92 Å². The zero-order chi connectivity index (χ0) is 16.1. The van der Waals surface area contributed by atoms with Gasteiger partial charge in [-0.2, -0.15) is 0 Å². The molecule has 1 N–H and O–H groups in total. The van der Waals surface area contributed by atoms with Gasteiger partial charge in [0, 0.05) is 48.8 Å². The fourth-order valence-electron chi connectivity index (χ4n) is 4.81. The first-order valence-corrected chi connectivity index (χ1v) is 9.41. The molecule has 4 aliphatic heterocycles. The number of nitrogens with one attached hydrogen (secondary N) is 1. The van der Waals surface area contributed by atoms with Gasteiger partial charge in [0.05, 0.1) is 0 Å². The molecule has 128 valence electrons. The van der Waals surface area contributed by atoms with Crippen LogP contribution in [0.25, 0.3) is 0 Å². The van der Waals surface area contributed by atoms with E-state index in [0.717, 1.165) is 24.0 Å². The van der Waals surface area contributed by atoms with Gasteiger partial charge in [0.15, 0.2) is 0 Å². The highest BCUT2D eigenvalue weighted by Gasteiger charge is 2.42. The number of hydrogen-bond donors (Lipinski definition) is 1. The predicted molar refractivity (Wildman–Crippen MR) is 94.2 cm³/mol. The first kappa shape index (κ1) is 16.7. The summed E-state index contributed by atoms with van der Waals surface area (Å²) in [4.78, 5) is 5.28. The van der Waals surface area contributed by atoms with Crippen molar-refractivity contribution in [1.82, 2.24) is 15.1 Å². The fraction of sp³-hybridized carbons (Fsp3) is 1.00. The molecule has 5 fully saturated rings. The van der Waals surface area contributed by atoms with Crippen LogP contribution in [-0.2, 0) is 0 Å². The highest BCUT2D eigenvalue weighted by molar-refractivity contribution is 5.00. The molecule has 4 bridgehead atoms. The first-order valence-electron chi connectivity index (χ1n) is 9.41. The van der Waals surface area contributed by atoms with E-state index in [1.165, 1.54) is 45.3 Å². The van der Waals surface area contributed by atoms with E-state index in [0.29, 0.717) is 11.1 Å². The van der Waals surface area contributed by atoms with Crippen LogP contribution in [0.15, 0.2) is 0 Å². The van der Waals surface area contributed by atoms with E-state index in [2.05, 4.69) is 56.7 Å². The molecule has 3 heteroatoms. The second-order valence-electron chi connectivity index (χ2n) is 10.0. The van der Waals surface area contributed by atoms with Gasteiger partial charge in [0.1, 0.15) is 0 Å². The molecule has 0 aromatic carbocycles. The van der Waals surface area contributed by atoms with Crippen molar-refractivity contribution in [3.8, 4) is 0 Å². The van der Waals surface area contributed by atoms with Crippen LogP contribution in [0.4, 0.5) is 0 Å². The Kier molecular flexibility index (Phi) is 4.37. The van der Waals surface area contributed by atoms with Crippen LogP contribution < -0.4 is 5.32 Å². The third-order valence-electron chi connectivity index (χ3n) is 6.14. The lowest BCUT2D eigenvalue weighted by Crippen LogP contribution is -2.69. The van der Waals surface area contributed by atoms with Crippen LogP contribution >= 0.6 is 0 Å². The first-order chi connectivity index (χ1) is 10.1. The van der Waals surface area contributed by atoms with Crippen LogP contribution in [0.2, 0.25) is 0 Å². The molecule has 0 aromatic rings. The van der Waals surface area contributed by atoms with Crippen molar-refractivity contribution in [2.45, 2.75) is 96.4 Å². The van der Waals surface area contributed by atoms with E-state index in [1.807, 2.05) is 0 Å². The smallest absolute Gasteiger partial charge is 0.0213 e. The average molecular weight is 308 g/mol. The molecule has 0 spiro atoms. The lowest BCUT2D eigenvalue weighted by atomic mass is 9.88. The topological polar surface area (TPSA) is 18.5 Å². The Morgan fingerprint density at radius 1 is 0.773 bits per heavy atom. The van der Waals surface area contributed by atoms with E-state index in [9.17, 15) is 0 Å². The van der Waals surface area contributed by atoms with Crippen LogP contribution in [-0.4, -0.2) is 58.6 Å². The Bertz CT molecular complexity index is 376.